The quantitative estimate of drug-likeness (QED) is 0.707. The summed E-state index contributed by atoms with van der Waals surface area (Å²) in [6.07, 6.45) is 1.44. The summed E-state index contributed by atoms with van der Waals surface area (Å²) < 4.78 is 10.5. The fraction of sp³-hybridized carbons (Fsp3) is 0.100. The Morgan fingerprint density at radius 1 is 0.962 bits per heavy atom. The average Bonchev–Trinajstić information content (AvgIpc) is 3.18. The zero-order chi connectivity index (χ0) is 18.4. The second-order valence-electron chi connectivity index (χ2n) is 5.61. The lowest BCUT2D eigenvalue weighted by atomic mass is 10.2. The first-order valence-electron chi connectivity index (χ1n) is 8.05. The summed E-state index contributed by atoms with van der Waals surface area (Å²) >= 11 is 0. The van der Waals surface area contributed by atoms with Crippen LogP contribution in [0.1, 0.15) is 16.1 Å². The van der Waals surface area contributed by atoms with Gasteiger partial charge in [-0.3, -0.25) is 9.59 Å². The Hall–Kier alpha value is -3.54. The topological polar surface area (TPSA) is 80.6 Å². The Morgan fingerprint density at radius 2 is 1.73 bits per heavy atom. The van der Waals surface area contributed by atoms with Crippen LogP contribution in [0, 0.1) is 6.92 Å². The molecule has 132 valence electrons. The van der Waals surface area contributed by atoms with E-state index in [1.165, 1.54) is 6.26 Å². The molecule has 6 heteroatoms. The van der Waals surface area contributed by atoms with Crippen LogP contribution in [0.5, 0.6) is 5.75 Å². The van der Waals surface area contributed by atoms with E-state index in [0.717, 1.165) is 11.3 Å². The van der Waals surface area contributed by atoms with E-state index in [0.29, 0.717) is 11.4 Å². The highest BCUT2D eigenvalue weighted by Gasteiger charge is 2.09. The van der Waals surface area contributed by atoms with Gasteiger partial charge in [0.25, 0.3) is 11.8 Å². The third-order valence-corrected chi connectivity index (χ3v) is 3.65. The number of hydrogen-bond donors (Lipinski definition) is 2. The first kappa shape index (κ1) is 17.3. The zero-order valence-electron chi connectivity index (χ0n) is 14.2. The van der Waals surface area contributed by atoms with Crippen LogP contribution in [0.25, 0.3) is 0 Å². The van der Waals surface area contributed by atoms with Crippen LogP contribution in [0.4, 0.5) is 11.4 Å². The number of carbonyl (C=O) groups excluding carboxylic acids is 2. The predicted octanol–water partition coefficient (Wildman–Crippen LogP) is 3.86. The maximum atomic E-state index is 12.0. The molecular formula is C20H18N2O4. The number of nitrogens with one attached hydrogen (secondary N) is 2. The van der Waals surface area contributed by atoms with Crippen LogP contribution in [0.3, 0.4) is 0 Å². The van der Waals surface area contributed by atoms with E-state index in [2.05, 4.69) is 10.6 Å². The lowest BCUT2D eigenvalue weighted by Crippen LogP contribution is -2.20. The van der Waals surface area contributed by atoms with Crippen LogP contribution in [-0.4, -0.2) is 18.4 Å². The van der Waals surface area contributed by atoms with E-state index in [9.17, 15) is 9.59 Å². The lowest BCUT2D eigenvalue weighted by molar-refractivity contribution is -0.118. The van der Waals surface area contributed by atoms with Gasteiger partial charge < -0.3 is 19.8 Å². The molecule has 0 fully saturated rings. The van der Waals surface area contributed by atoms with Crippen LogP contribution < -0.4 is 15.4 Å². The normalized spacial score (nSPS) is 10.2. The summed E-state index contributed by atoms with van der Waals surface area (Å²) in [5.41, 5.74) is 2.35. The van der Waals surface area contributed by atoms with Crippen LogP contribution in [0.15, 0.2) is 71.3 Å². The van der Waals surface area contributed by atoms with Crippen LogP contribution in [-0.2, 0) is 4.79 Å². The van der Waals surface area contributed by atoms with Gasteiger partial charge in [-0.1, -0.05) is 18.2 Å². The third-order valence-electron chi connectivity index (χ3n) is 3.65. The third kappa shape index (κ3) is 4.51. The molecule has 0 atom stereocenters. The molecule has 3 aromatic rings. The summed E-state index contributed by atoms with van der Waals surface area (Å²) in [5, 5.41) is 5.51. The van der Waals surface area contributed by atoms with Crippen molar-refractivity contribution in [2.75, 3.05) is 17.2 Å². The number of para-hydroxylation sites is 1. The molecule has 2 N–H and O–H groups in total. The van der Waals surface area contributed by atoms with Crippen molar-refractivity contribution in [3.63, 3.8) is 0 Å². The van der Waals surface area contributed by atoms with Crippen LogP contribution in [0.2, 0.25) is 0 Å². The van der Waals surface area contributed by atoms with E-state index in [4.69, 9.17) is 9.15 Å². The molecule has 0 aliphatic rings. The van der Waals surface area contributed by atoms with Gasteiger partial charge in [0, 0.05) is 11.4 Å². The number of amides is 2. The number of hydrogen-bond acceptors (Lipinski definition) is 4. The predicted molar refractivity (Wildman–Crippen MR) is 98.4 cm³/mol. The van der Waals surface area contributed by atoms with Crippen molar-refractivity contribution >= 4 is 23.2 Å². The fourth-order valence-electron chi connectivity index (χ4n) is 2.28. The van der Waals surface area contributed by atoms with Gasteiger partial charge in [0.05, 0.1) is 6.26 Å². The zero-order valence-corrected chi connectivity index (χ0v) is 14.2. The van der Waals surface area contributed by atoms with Crippen LogP contribution >= 0.6 is 0 Å². The first-order valence-corrected chi connectivity index (χ1v) is 8.05. The second kappa shape index (κ2) is 8.02. The van der Waals surface area contributed by atoms with Crippen molar-refractivity contribution in [3.05, 3.63) is 78.3 Å². The maximum absolute atomic E-state index is 12.0. The van der Waals surface area contributed by atoms with E-state index in [1.807, 2.05) is 31.2 Å². The Balaban J connectivity index is 1.50. The number of aryl methyl sites for hydroxylation is 1. The molecule has 1 heterocycles. The standard InChI is InChI=1S/C20H18N2O4/c1-14-5-2-3-6-17(14)22-19(23)13-26-16-10-8-15(9-11-16)21-20(24)18-7-4-12-25-18/h2-12H,13H2,1H3,(H,21,24)(H,22,23). The van der Waals surface area contributed by atoms with E-state index >= 15 is 0 Å². The molecule has 0 radical (unpaired) electrons. The summed E-state index contributed by atoms with van der Waals surface area (Å²) in [6.45, 7) is 1.82. The maximum Gasteiger partial charge on any atom is 0.291 e. The summed E-state index contributed by atoms with van der Waals surface area (Å²) in [4.78, 5) is 23.9. The van der Waals surface area contributed by atoms with Gasteiger partial charge in [0.1, 0.15) is 5.75 Å². The Kier molecular flexibility index (Phi) is 5.34. The number of benzene rings is 2. The highest BCUT2D eigenvalue weighted by molar-refractivity contribution is 6.02. The SMILES string of the molecule is Cc1ccccc1NC(=O)COc1ccc(NC(=O)c2ccco2)cc1. The fourth-order valence-corrected chi connectivity index (χ4v) is 2.28. The lowest BCUT2D eigenvalue weighted by Gasteiger charge is -2.10. The first-order chi connectivity index (χ1) is 12.6. The monoisotopic (exact) mass is 350 g/mol. The van der Waals surface area contributed by atoms with Gasteiger partial charge in [-0.2, -0.15) is 0 Å². The van der Waals surface area contributed by atoms with E-state index < -0.39 is 0 Å². The Morgan fingerprint density at radius 3 is 2.42 bits per heavy atom. The minimum Gasteiger partial charge on any atom is -0.484 e. The Bertz CT molecular complexity index is 886. The van der Waals surface area contributed by atoms with Crippen molar-refractivity contribution < 1.29 is 18.7 Å². The average molecular weight is 350 g/mol. The summed E-state index contributed by atoms with van der Waals surface area (Å²) in [7, 11) is 0. The molecule has 0 aliphatic heterocycles. The van der Waals surface area contributed by atoms with Crippen molar-refractivity contribution in [2.24, 2.45) is 0 Å². The van der Waals surface area contributed by atoms with Crippen molar-refractivity contribution in [1.29, 1.82) is 0 Å². The van der Waals surface area contributed by atoms with E-state index in [1.54, 1.807) is 36.4 Å². The number of furan rings is 1. The second-order valence-corrected chi connectivity index (χ2v) is 5.61. The van der Waals surface area contributed by atoms with Gasteiger partial charge >= 0.3 is 0 Å². The van der Waals surface area contributed by atoms with Gasteiger partial charge in [0.15, 0.2) is 12.4 Å². The van der Waals surface area contributed by atoms with Gasteiger partial charge in [-0.05, 0) is 55.0 Å². The summed E-state index contributed by atoms with van der Waals surface area (Å²) in [5.74, 6) is 0.190. The molecule has 1 aromatic heterocycles. The molecule has 0 unspecified atom stereocenters. The molecule has 0 spiro atoms. The number of rotatable bonds is 6. The molecule has 0 aliphatic carbocycles. The molecule has 3 rings (SSSR count). The van der Waals surface area contributed by atoms with E-state index in [-0.39, 0.29) is 24.2 Å². The molecule has 26 heavy (non-hydrogen) atoms. The molecule has 6 nitrogen and oxygen atoms in total. The van der Waals surface area contributed by atoms with Crippen molar-refractivity contribution in [2.45, 2.75) is 6.92 Å². The van der Waals surface area contributed by atoms with Gasteiger partial charge in [-0.15, -0.1) is 0 Å². The molecule has 0 saturated carbocycles. The summed E-state index contributed by atoms with van der Waals surface area (Å²) in [6, 6.07) is 17.5. The molecular weight excluding hydrogens is 332 g/mol. The largest absolute Gasteiger partial charge is 0.484 e. The number of anilines is 2. The number of ether oxygens (including phenoxy) is 1. The molecule has 2 amide bonds. The smallest absolute Gasteiger partial charge is 0.291 e. The minimum atomic E-state index is -0.332. The Labute approximate surface area is 150 Å². The molecule has 0 bridgehead atoms. The highest BCUT2D eigenvalue weighted by Crippen LogP contribution is 2.17. The van der Waals surface area contributed by atoms with Gasteiger partial charge in [0.2, 0.25) is 0 Å². The number of carbonyl (C=O) groups is 2. The molecule has 0 saturated heterocycles. The van der Waals surface area contributed by atoms with Crippen molar-refractivity contribution in [1.82, 2.24) is 0 Å². The molecule has 2 aromatic carbocycles. The van der Waals surface area contributed by atoms with Crippen molar-refractivity contribution in [3.8, 4) is 5.75 Å². The highest BCUT2D eigenvalue weighted by atomic mass is 16.5. The van der Waals surface area contributed by atoms with Gasteiger partial charge in [-0.25, -0.2) is 0 Å². The minimum absolute atomic E-state index is 0.105.